The van der Waals surface area contributed by atoms with Gasteiger partial charge >= 0.3 is 0 Å². The average Bonchev–Trinajstić information content (AvgIpc) is 2.49. The van der Waals surface area contributed by atoms with Gasteiger partial charge in [0, 0.05) is 24.0 Å². The molecule has 0 spiro atoms. The van der Waals surface area contributed by atoms with E-state index in [0.717, 1.165) is 6.42 Å². The average molecular weight is 168 g/mol. The molecule has 1 aromatic heterocycles. The van der Waals surface area contributed by atoms with E-state index in [4.69, 9.17) is 5.73 Å². The number of thiazole rings is 1. The van der Waals surface area contributed by atoms with Crippen molar-refractivity contribution in [2.45, 2.75) is 25.3 Å². The highest BCUT2D eigenvalue weighted by molar-refractivity contribution is 7.09. The third kappa shape index (κ3) is 1.44. The lowest BCUT2D eigenvalue weighted by Gasteiger charge is -2.32. The third-order valence-electron chi connectivity index (χ3n) is 2.40. The summed E-state index contributed by atoms with van der Waals surface area (Å²) in [5.41, 5.74) is 5.82. The van der Waals surface area contributed by atoms with Gasteiger partial charge in [-0.1, -0.05) is 0 Å². The van der Waals surface area contributed by atoms with Crippen molar-refractivity contribution in [1.29, 1.82) is 0 Å². The monoisotopic (exact) mass is 168 g/mol. The van der Waals surface area contributed by atoms with Crippen molar-refractivity contribution < 1.29 is 0 Å². The van der Waals surface area contributed by atoms with E-state index in [-0.39, 0.29) is 0 Å². The number of nitrogens with two attached hydrogens (primary N) is 1. The molecule has 11 heavy (non-hydrogen) atoms. The SMILES string of the molecule is NC1CCC1Cc1nccs1. The van der Waals surface area contributed by atoms with Crippen LogP contribution >= 0.6 is 11.3 Å². The fraction of sp³-hybridized carbons (Fsp3) is 0.625. The van der Waals surface area contributed by atoms with Crippen LogP contribution in [0, 0.1) is 5.92 Å². The Bertz CT molecular complexity index is 220. The number of rotatable bonds is 2. The first-order valence-corrected chi connectivity index (χ1v) is 4.88. The highest BCUT2D eigenvalue weighted by Crippen LogP contribution is 2.29. The summed E-state index contributed by atoms with van der Waals surface area (Å²) in [6.07, 6.45) is 5.46. The van der Waals surface area contributed by atoms with Crippen molar-refractivity contribution in [3.8, 4) is 0 Å². The summed E-state index contributed by atoms with van der Waals surface area (Å²) in [6.45, 7) is 0. The van der Waals surface area contributed by atoms with Gasteiger partial charge in [0.05, 0.1) is 5.01 Å². The fourth-order valence-corrected chi connectivity index (χ4v) is 2.14. The molecular weight excluding hydrogens is 156 g/mol. The number of nitrogens with zero attached hydrogens (tertiary/aromatic N) is 1. The predicted molar refractivity (Wildman–Crippen MR) is 46.5 cm³/mol. The highest BCUT2D eigenvalue weighted by atomic mass is 32.1. The van der Waals surface area contributed by atoms with E-state index in [1.807, 2.05) is 11.6 Å². The Morgan fingerprint density at radius 3 is 3.00 bits per heavy atom. The van der Waals surface area contributed by atoms with Gasteiger partial charge in [-0.05, 0) is 18.8 Å². The maximum atomic E-state index is 5.82. The van der Waals surface area contributed by atoms with Crippen LogP contribution in [0.3, 0.4) is 0 Å². The molecule has 0 amide bonds. The topological polar surface area (TPSA) is 38.9 Å². The van der Waals surface area contributed by atoms with Crippen LogP contribution in [0.4, 0.5) is 0 Å². The summed E-state index contributed by atoms with van der Waals surface area (Å²) in [6, 6.07) is 0.443. The molecule has 2 nitrogen and oxygen atoms in total. The van der Waals surface area contributed by atoms with Crippen molar-refractivity contribution in [3.63, 3.8) is 0 Å². The molecule has 1 saturated carbocycles. The summed E-state index contributed by atoms with van der Waals surface area (Å²) in [7, 11) is 0. The Morgan fingerprint density at radius 1 is 1.64 bits per heavy atom. The van der Waals surface area contributed by atoms with Crippen LogP contribution in [0.2, 0.25) is 0 Å². The molecule has 1 aromatic rings. The molecule has 1 fully saturated rings. The Labute approximate surface area is 70.5 Å². The fourth-order valence-electron chi connectivity index (χ4n) is 1.43. The van der Waals surface area contributed by atoms with Crippen LogP contribution in [0.15, 0.2) is 11.6 Å². The molecule has 0 bridgehead atoms. The standard InChI is InChI=1S/C8H12N2S/c9-7-2-1-6(7)5-8-10-3-4-11-8/h3-4,6-7H,1-2,5,9H2. The zero-order valence-corrected chi connectivity index (χ0v) is 7.18. The van der Waals surface area contributed by atoms with E-state index in [9.17, 15) is 0 Å². The molecule has 2 unspecified atom stereocenters. The van der Waals surface area contributed by atoms with Crippen LogP contribution in [0.25, 0.3) is 0 Å². The molecule has 0 saturated heterocycles. The minimum atomic E-state index is 0.443. The number of aromatic nitrogens is 1. The minimum absolute atomic E-state index is 0.443. The number of hydrogen-bond acceptors (Lipinski definition) is 3. The lowest BCUT2D eigenvalue weighted by molar-refractivity contribution is 0.255. The van der Waals surface area contributed by atoms with Crippen molar-refractivity contribution in [2.75, 3.05) is 0 Å². The second-order valence-electron chi connectivity index (χ2n) is 3.13. The molecule has 2 rings (SSSR count). The van der Waals surface area contributed by atoms with Gasteiger partial charge in [0.25, 0.3) is 0 Å². The molecule has 2 N–H and O–H groups in total. The van der Waals surface area contributed by atoms with E-state index in [1.54, 1.807) is 11.3 Å². The highest BCUT2D eigenvalue weighted by Gasteiger charge is 2.27. The summed E-state index contributed by atoms with van der Waals surface area (Å²) >= 11 is 1.74. The summed E-state index contributed by atoms with van der Waals surface area (Å²) in [5, 5.41) is 3.27. The third-order valence-corrected chi connectivity index (χ3v) is 3.20. The van der Waals surface area contributed by atoms with Gasteiger partial charge in [0.1, 0.15) is 0 Å². The molecular formula is C8H12N2S. The summed E-state index contributed by atoms with van der Waals surface area (Å²) in [4.78, 5) is 4.24. The Balaban J connectivity index is 1.91. The lowest BCUT2D eigenvalue weighted by atomic mass is 9.78. The Kier molecular flexibility index (Phi) is 1.92. The second kappa shape index (κ2) is 2.91. The van der Waals surface area contributed by atoms with Crippen molar-refractivity contribution in [3.05, 3.63) is 16.6 Å². The molecule has 0 radical (unpaired) electrons. The smallest absolute Gasteiger partial charge is 0.0928 e. The zero-order valence-electron chi connectivity index (χ0n) is 6.36. The van der Waals surface area contributed by atoms with E-state index in [2.05, 4.69) is 4.98 Å². The van der Waals surface area contributed by atoms with Crippen molar-refractivity contribution in [1.82, 2.24) is 4.98 Å². The molecule has 0 aliphatic heterocycles. The first kappa shape index (κ1) is 7.25. The quantitative estimate of drug-likeness (QED) is 0.725. The lowest BCUT2D eigenvalue weighted by Crippen LogP contribution is -2.40. The van der Waals surface area contributed by atoms with Crippen molar-refractivity contribution >= 4 is 11.3 Å². The van der Waals surface area contributed by atoms with Crippen LogP contribution in [0.1, 0.15) is 17.8 Å². The van der Waals surface area contributed by atoms with E-state index in [0.29, 0.717) is 12.0 Å². The van der Waals surface area contributed by atoms with Gasteiger partial charge in [0.15, 0.2) is 0 Å². The molecule has 1 aliphatic carbocycles. The predicted octanol–water partition coefficient (Wildman–Crippen LogP) is 1.42. The van der Waals surface area contributed by atoms with E-state index in [1.165, 1.54) is 17.8 Å². The Morgan fingerprint density at radius 2 is 2.55 bits per heavy atom. The van der Waals surface area contributed by atoms with Gasteiger partial charge in [-0.2, -0.15) is 0 Å². The normalized spacial score (nSPS) is 29.9. The van der Waals surface area contributed by atoms with E-state index >= 15 is 0 Å². The van der Waals surface area contributed by atoms with Crippen LogP contribution < -0.4 is 5.73 Å². The second-order valence-corrected chi connectivity index (χ2v) is 4.11. The van der Waals surface area contributed by atoms with Gasteiger partial charge in [-0.25, -0.2) is 4.98 Å². The summed E-state index contributed by atoms with van der Waals surface area (Å²) < 4.78 is 0. The largest absolute Gasteiger partial charge is 0.327 e. The van der Waals surface area contributed by atoms with Gasteiger partial charge in [-0.3, -0.25) is 0 Å². The van der Waals surface area contributed by atoms with E-state index < -0.39 is 0 Å². The molecule has 3 heteroatoms. The molecule has 60 valence electrons. The minimum Gasteiger partial charge on any atom is -0.327 e. The van der Waals surface area contributed by atoms with Gasteiger partial charge in [-0.15, -0.1) is 11.3 Å². The Hall–Kier alpha value is -0.410. The van der Waals surface area contributed by atoms with Crippen LogP contribution in [0.5, 0.6) is 0 Å². The van der Waals surface area contributed by atoms with Gasteiger partial charge in [0.2, 0.25) is 0 Å². The van der Waals surface area contributed by atoms with Gasteiger partial charge < -0.3 is 5.73 Å². The molecule has 1 aliphatic rings. The molecule has 0 aromatic carbocycles. The first-order valence-electron chi connectivity index (χ1n) is 4.00. The first-order chi connectivity index (χ1) is 5.36. The number of hydrogen-bond donors (Lipinski definition) is 1. The maximum Gasteiger partial charge on any atom is 0.0928 e. The van der Waals surface area contributed by atoms with Crippen LogP contribution in [-0.4, -0.2) is 11.0 Å². The van der Waals surface area contributed by atoms with Crippen LogP contribution in [-0.2, 0) is 6.42 Å². The molecule has 2 atom stereocenters. The van der Waals surface area contributed by atoms with Crippen molar-refractivity contribution in [2.24, 2.45) is 11.7 Å². The molecule has 1 heterocycles. The summed E-state index contributed by atoms with van der Waals surface area (Å²) in [5.74, 6) is 0.709. The maximum absolute atomic E-state index is 5.82. The zero-order chi connectivity index (χ0) is 7.68.